The molecule has 3 nitrogen and oxygen atoms in total. The SMILES string of the molecule is CNS(=O)(=O)c1ccc(I)s1. The van der Waals surface area contributed by atoms with E-state index in [4.69, 9.17) is 0 Å². The lowest BCUT2D eigenvalue weighted by Gasteiger charge is -1.95. The minimum absolute atomic E-state index is 0.365. The van der Waals surface area contributed by atoms with Crippen LogP contribution in [0.25, 0.3) is 0 Å². The number of hydrogen-bond donors (Lipinski definition) is 1. The molecule has 1 aromatic rings. The second-order valence-corrected chi connectivity index (χ2v) is 6.86. The van der Waals surface area contributed by atoms with Gasteiger partial charge < -0.3 is 0 Å². The van der Waals surface area contributed by atoms with Gasteiger partial charge >= 0.3 is 0 Å². The maximum absolute atomic E-state index is 11.1. The predicted molar refractivity (Wildman–Crippen MR) is 53.3 cm³/mol. The fourth-order valence-corrected chi connectivity index (χ4v) is 3.75. The molecule has 0 amide bonds. The summed E-state index contributed by atoms with van der Waals surface area (Å²) in [5, 5.41) is 0. The van der Waals surface area contributed by atoms with Crippen molar-refractivity contribution in [1.82, 2.24) is 4.72 Å². The van der Waals surface area contributed by atoms with E-state index in [-0.39, 0.29) is 0 Å². The van der Waals surface area contributed by atoms with Crippen LogP contribution in [-0.2, 0) is 10.0 Å². The molecule has 0 atom stereocenters. The number of halogens is 1. The van der Waals surface area contributed by atoms with Crippen LogP contribution >= 0.6 is 33.9 Å². The topological polar surface area (TPSA) is 46.2 Å². The summed E-state index contributed by atoms with van der Waals surface area (Å²) >= 11 is 3.34. The molecule has 11 heavy (non-hydrogen) atoms. The second-order valence-electron chi connectivity index (χ2n) is 1.77. The van der Waals surface area contributed by atoms with Crippen molar-refractivity contribution in [3.63, 3.8) is 0 Å². The lowest BCUT2D eigenvalue weighted by Crippen LogP contribution is -2.17. The molecule has 0 aliphatic rings. The summed E-state index contributed by atoms with van der Waals surface area (Å²) in [5.74, 6) is 0. The van der Waals surface area contributed by atoms with Gasteiger partial charge in [-0.2, -0.15) is 0 Å². The molecule has 0 saturated heterocycles. The van der Waals surface area contributed by atoms with Crippen molar-refractivity contribution in [2.75, 3.05) is 7.05 Å². The zero-order chi connectivity index (χ0) is 8.48. The maximum Gasteiger partial charge on any atom is 0.249 e. The van der Waals surface area contributed by atoms with E-state index in [2.05, 4.69) is 27.3 Å². The van der Waals surface area contributed by atoms with E-state index >= 15 is 0 Å². The van der Waals surface area contributed by atoms with Gasteiger partial charge in [0.25, 0.3) is 0 Å². The first-order valence-corrected chi connectivity index (χ1v) is 6.13. The molecule has 1 N–H and O–H groups in total. The fourth-order valence-electron chi connectivity index (χ4n) is 0.543. The minimum atomic E-state index is -3.21. The van der Waals surface area contributed by atoms with Gasteiger partial charge in [-0.05, 0) is 41.8 Å². The maximum atomic E-state index is 11.1. The third-order valence-electron chi connectivity index (χ3n) is 1.08. The molecule has 1 heterocycles. The molecule has 1 aromatic heterocycles. The van der Waals surface area contributed by atoms with E-state index in [1.165, 1.54) is 18.4 Å². The lowest BCUT2D eigenvalue weighted by atomic mass is 10.7. The fraction of sp³-hybridized carbons (Fsp3) is 0.200. The summed E-state index contributed by atoms with van der Waals surface area (Å²) < 4.78 is 25.8. The molecule has 6 heteroatoms. The van der Waals surface area contributed by atoms with Gasteiger partial charge in [-0.3, -0.25) is 0 Å². The standard InChI is InChI=1S/C5H6INO2S2/c1-7-11(8,9)5-3-2-4(6)10-5/h2-3,7H,1H3. The van der Waals surface area contributed by atoms with Crippen molar-refractivity contribution >= 4 is 44.0 Å². The van der Waals surface area contributed by atoms with Crippen molar-refractivity contribution in [3.05, 3.63) is 15.0 Å². The normalized spacial score (nSPS) is 11.8. The molecule has 0 saturated carbocycles. The molecule has 0 fully saturated rings. The van der Waals surface area contributed by atoms with Crippen LogP contribution in [0.1, 0.15) is 0 Å². The van der Waals surface area contributed by atoms with Gasteiger partial charge in [-0.1, -0.05) is 0 Å². The van der Waals surface area contributed by atoms with Gasteiger partial charge in [-0.25, -0.2) is 13.1 Å². The molecule has 0 aromatic carbocycles. The molecule has 0 unspecified atom stereocenters. The summed E-state index contributed by atoms with van der Waals surface area (Å²) in [4.78, 5) is 0. The molecular weight excluding hydrogens is 297 g/mol. The van der Waals surface area contributed by atoms with Crippen LogP contribution in [0.3, 0.4) is 0 Å². The van der Waals surface area contributed by atoms with Crippen LogP contribution in [0.5, 0.6) is 0 Å². The van der Waals surface area contributed by atoms with Crippen molar-refractivity contribution in [1.29, 1.82) is 0 Å². The Morgan fingerprint density at radius 3 is 2.55 bits per heavy atom. The highest BCUT2D eigenvalue weighted by atomic mass is 127. The van der Waals surface area contributed by atoms with Gasteiger partial charge in [0.15, 0.2) is 0 Å². The summed E-state index contributed by atoms with van der Waals surface area (Å²) in [6, 6.07) is 3.37. The monoisotopic (exact) mass is 303 g/mol. The molecule has 0 aliphatic heterocycles. The van der Waals surface area contributed by atoms with Crippen LogP contribution in [-0.4, -0.2) is 15.5 Å². The number of thiophene rings is 1. The van der Waals surface area contributed by atoms with Crippen molar-refractivity contribution in [3.8, 4) is 0 Å². The van der Waals surface area contributed by atoms with E-state index in [1.54, 1.807) is 12.1 Å². The molecule has 0 bridgehead atoms. The minimum Gasteiger partial charge on any atom is -0.214 e. The van der Waals surface area contributed by atoms with Gasteiger partial charge in [-0.15, -0.1) is 11.3 Å². The van der Waals surface area contributed by atoms with E-state index in [1.807, 2.05) is 0 Å². The van der Waals surface area contributed by atoms with Gasteiger partial charge in [0.1, 0.15) is 4.21 Å². The summed E-state index contributed by atoms with van der Waals surface area (Å²) in [6.07, 6.45) is 0. The molecule has 0 aliphatic carbocycles. The highest BCUT2D eigenvalue weighted by molar-refractivity contribution is 14.1. The highest BCUT2D eigenvalue weighted by Gasteiger charge is 2.12. The number of rotatable bonds is 2. The lowest BCUT2D eigenvalue weighted by molar-refractivity contribution is 0.590. The van der Waals surface area contributed by atoms with E-state index in [0.29, 0.717) is 4.21 Å². The quantitative estimate of drug-likeness (QED) is 0.836. The van der Waals surface area contributed by atoms with Crippen molar-refractivity contribution in [2.45, 2.75) is 4.21 Å². The van der Waals surface area contributed by atoms with E-state index < -0.39 is 10.0 Å². The average molecular weight is 303 g/mol. The average Bonchev–Trinajstić information content (AvgIpc) is 2.36. The Labute approximate surface area is 83.0 Å². The summed E-state index contributed by atoms with van der Waals surface area (Å²) in [5.41, 5.74) is 0. The zero-order valence-electron chi connectivity index (χ0n) is 5.67. The first kappa shape index (κ1) is 9.43. The highest BCUT2D eigenvalue weighted by Crippen LogP contribution is 2.21. The summed E-state index contributed by atoms with van der Waals surface area (Å²) in [6.45, 7) is 0. The third-order valence-corrected chi connectivity index (χ3v) is 4.88. The molecular formula is C5H6INO2S2. The molecule has 0 radical (unpaired) electrons. The third kappa shape index (κ3) is 2.14. The molecule has 62 valence electrons. The Morgan fingerprint density at radius 1 is 1.55 bits per heavy atom. The Balaban J connectivity index is 3.13. The van der Waals surface area contributed by atoms with E-state index in [0.717, 1.165) is 2.88 Å². The van der Waals surface area contributed by atoms with Crippen molar-refractivity contribution < 1.29 is 8.42 Å². The van der Waals surface area contributed by atoms with E-state index in [9.17, 15) is 8.42 Å². The Kier molecular flexibility index (Phi) is 2.90. The largest absolute Gasteiger partial charge is 0.249 e. The van der Waals surface area contributed by atoms with Crippen LogP contribution in [0.4, 0.5) is 0 Å². The van der Waals surface area contributed by atoms with Crippen LogP contribution in [0.15, 0.2) is 16.3 Å². The number of sulfonamides is 1. The van der Waals surface area contributed by atoms with Gasteiger partial charge in [0.2, 0.25) is 10.0 Å². The van der Waals surface area contributed by atoms with Crippen LogP contribution in [0, 0.1) is 2.88 Å². The Bertz CT molecular complexity index is 343. The second kappa shape index (κ2) is 3.38. The number of hydrogen-bond acceptors (Lipinski definition) is 3. The smallest absolute Gasteiger partial charge is 0.214 e. The Morgan fingerprint density at radius 2 is 2.18 bits per heavy atom. The van der Waals surface area contributed by atoms with Crippen molar-refractivity contribution in [2.24, 2.45) is 0 Å². The first-order valence-electron chi connectivity index (χ1n) is 2.75. The van der Waals surface area contributed by atoms with Gasteiger partial charge in [0.05, 0.1) is 2.88 Å². The predicted octanol–water partition coefficient (Wildman–Crippen LogP) is 1.26. The van der Waals surface area contributed by atoms with Crippen LogP contribution < -0.4 is 4.72 Å². The molecule has 1 rings (SSSR count). The first-order chi connectivity index (χ1) is 5.06. The van der Waals surface area contributed by atoms with Gasteiger partial charge in [0, 0.05) is 0 Å². The van der Waals surface area contributed by atoms with Crippen LogP contribution in [0.2, 0.25) is 0 Å². The summed E-state index contributed by atoms with van der Waals surface area (Å²) in [7, 11) is -1.81. The zero-order valence-corrected chi connectivity index (χ0v) is 9.46. The molecule has 0 spiro atoms. The number of nitrogens with one attached hydrogen (secondary N) is 1. The Hall–Kier alpha value is 0.340.